The van der Waals surface area contributed by atoms with E-state index in [1.807, 2.05) is 0 Å². The highest BCUT2D eigenvalue weighted by Gasteiger charge is 2.39. The number of hydrogen-bond acceptors (Lipinski definition) is 6. The molecule has 2 unspecified atom stereocenters. The van der Waals surface area contributed by atoms with Crippen LogP contribution in [0.25, 0.3) is 0 Å². The number of carbonyl (C=O) groups excluding carboxylic acids is 2. The summed E-state index contributed by atoms with van der Waals surface area (Å²) in [5.74, 6) is -0.0370. The van der Waals surface area contributed by atoms with E-state index < -0.39 is 18.5 Å². The number of aliphatic hydroxyl groups excluding tert-OH is 4. The number of amides is 4. The van der Waals surface area contributed by atoms with Gasteiger partial charge >= 0.3 is 12.1 Å². The molecule has 1 fully saturated rings. The highest BCUT2D eigenvalue weighted by molar-refractivity contribution is 5.76. The normalized spacial score (nSPS) is 22.2. The van der Waals surface area contributed by atoms with E-state index in [1.54, 1.807) is 0 Å². The smallest absolute Gasteiger partial charge is 0.323 e. The number of hydrogen-bond donors (Lipinski definition) is 6. The molecule has 0 saturated carbocycles. The summed E-state index contributed by atoms with van der Waals surface area (Å²) >= 11 is 0. The van der Waals surface area contributed by atoms with Crippen LogP contribution in [0.1, 0.15) is 13.8 Å². The van der Waals surface area contributed by atoms with Crippen LogP contribution in [0.15, 0.2) is 11.5 Å². The maximum atomic E-state index is 10.9. The van der Waals surface area contributed by atoms with Crippen molar-refractivity contribution in [3.8, 4) is 0 Å². The molecule has 1 rings (SSSR count). The predicted molar refractivity (Wildman–Crippen MR) is 70.3 cm³/mol. The van der Waals surface area contributed by atoms with Crippen molar-refractivity contribution in [2.75, 3.05) is 14.1 Å². The second-order valence-corrected chi connectivity index (χ2v) is 3.90. The zero-order chi connectivity index (χ0) is 16.6. The third-order valence-corrected chi connectivity index (χ3v) is 2.19. The molecule has 0 aromatic heterocycles. The highest BCUT2D eigenvalue weighted by Crippen LogP contribution is 2.14. The Kier molecular flexibility index (Phi) is 8.88. The minimum absolute atomic E-state index is 0.0185. The molecule has 1 aliphatic rings. The second kappa shape index (κ2) is 8.82. The standard InChI is InChI=1S/C5H10N2O3.C4H8O2.CH4N2O/c1-6-3(8)4(9)7(2)5(6)10;1-3(5)4(2)6;2-1(3)4/h3-4,8-9H,1-2H3;5-6H,1-2H3;(H4,2,3,4). The van der Waals surface area contributed by atoms with Gasteiger partial charge in [0.15, 0.2) is 12.5 Å². The Hall–Kier alpha value is -2.20. The first-order valence-corrected chi connectivity index (χ1v) is 5.39. The van der Waals surface area contributed by atoms with Crippen molar-refractivity contribution in [2.24, 2.45) is 11.5 Å². The van der Waals surface area contributed by atoms with Crippen LogP contribution in [0.2, 0.25) is 0 Å². The number of nitrogens with two attached hydrogens (primary N) is 2. The Morgan fingerprint density at radius 2 is 1.20 bits per heavy atom. The average Bonchev–Trinajstić information content (AvgIpc) is 2.47. The Balaban J connectivity index is 0. The Bertz CT molecular complexity index is 335. The summed E-state index contributed by atoms with van der Waals surface area (Å²) < 4.78 is 0. The number of allylic oxidation sites excluding steroid dienone is 2. The molecule has 0 spiro atoms. The zero-order valence-corrected chi connectivity index (χ0v) is 11.8. The summed E-state index contributed by atoms with van der Waals surface area (Å²) in [6, 6.07) is -1.21. The molecular formula is C10H22N4O6. The number of urea groups is 2. The van der Waals surface area contributed by atoms with Crippen molar-refractivity contribution in [1.82, 2.24) is 9.80 Å². The van der Waals surface area contributed by atoms with Crippen molar-refractivity contribution < 1.29 is 30.0 Å². The number of aliphatic hydroxyl groups is 4. The molecule has 0 aliphatic carbocycles. The monoisotopic (exact) mass is 294 g/mol. The molecule has 0 aromatic rings. The van der Waals surface area contributed by atoms with Gasteiger partial charge < -0.3 is 31.9 Å². The molecule has 1 aliphatic heterocycles. The van der Waals surface area contributed by atoms with E-state index in [4.69, 9.17) is 25.2 Å². The first kappa shape index (κ1) is 20.1. The molecule has 0 radical (unpaired) electrons. The third-order valence-electron chi connectivity index (χ3n) is 2.19. The average molecular weight is 294 g/mol. The largest absolute Gasteiger partial charge is 0.509 e. The number of carbonyl (C=O) groups is 2. The van der Waals surface area contributed by atoms with Crippen molar-refractivity contribution in [2.45, 2.75) is 26.3 Å². The Morgan fingerprint density at radius 3 is 1.25 bits per heavy atom. The molecule has 4 amide bonds. The molecule has 1 saturated heterocycles. The van der Waals surface area contributed by atoms with Crippen LogP contribution in [0.4, 0.5) is 9.59 Å². The van der Waals surface area contributed by atoms with Gasteiger partial charge in [-0.3, -0.25) is 9.80 Å². The number of likely N-dealkylation sites (N-methyl/N-ethyl adjacent to an activating group) is 2. The van der Waals surface area contributed by atoms with E-state index in [9.17, 15) is 4.79 Å². The molecule has 10 heteroatoms. The van der Waals surface area contributed by atoms with E-state index >= 15 is 0 Å². The van der Waals surface area contributed by atoms with Gasteiger partial charge in [0.05, 0.1) is 0 Å². The summed E-state index contributed by atoms with van der Waals surface area (Å²) in [5, 5.41) is 34.6. The molecule has 0 aromatic carbocycles. The lowest BCUT2D eigenvalue weighted by molar-refractivity contribution is -0.0550. The zero-order valence-electron chi connectivity index (χ0n) is 11.8. The van der Waals surface area contributed by atoms with E-state index in [2.05, 4.69) is 11.5 Å². The lowest BCUT2D eigenvalue weighted by Gasteiger charge is -2.13. The molecular weight excluding hydrogens is 272 g/mol. The summed E-state index contributed by atoms with van der Waals surface area (Å²) in [7, 11) is 2.86. The summed E-state index contributed by atoms with van der Waals surface area (Å²) in [6.07, 6.45) is -2.20. The summed E-state index contributed by atoms with van der Waals surface area (Å²) in [6.45, 7) is 2.85. The lowest BCUT2D eigenvalue weighted by atomic mass is 10.5. The van der Waals surface area contributed by atoms with Gasteiger partial charge in [-0.25, -0.2) is 9.59 Å². The number of rotatable bonds is 0. The summed E-state index contributed by atoms with van der Waals surface area (Å²) in [5.41, 5.74) is 8.50. The van der Waals surface area contributed by atoms with Gasteiger partial charge in [0.2, 0.25) is 0 Å². The van der Waals surface area contributed by atoms with Crippen LogP contribution < -0.4 is 11.5 Å². The summed E-state index contributed by atoms with van der Waals surface area (Å²) in [4.78, 5) is 22.0. The molecule has 118 valence electrons. The topological polar surface area (TPSA) is 174 Å². The maximum Gasteiger partial charge on any atom is 0.323 e. The molecule has 1 heterocycles. The van der Waals surface area contributed by atoms with Gasteiger partial charge in [-0.1, -0.05) is 0 Å². The molecule has 20 heavy (non-hydrogen) atoms. The van der Waals surface area contributed by atoms with Crippen molar-refractivity contribution in [3.05, 3.63) is 11.5 Å². The van der Waals surface area contributed by atoms with Crippen molar-refractivity contribution in [3.63, 3.8) is 0 Å². The molecule has 0 bridgehead atoms. The SMILES string of the molecule is CC(O)=C(C)O.CN1C(=O)N(C)C(O)C1O.NC(N)=O. The lowest BCUT2D eigenvalue weighted by Crippen LogP contribution is -2.34. The van der Waals surface area contributed by atoms with Gasteiger partial charge in [-0.05, 0) is 13.8 Å². The minimum atomic E-state index is -1.10. The van der Waals surface area contributed by atoms with Crippen LogP contribution in [0.5, 0.6) is 0 Å². The highest BCUT2D eigenvalue weighted by atomic mass is 16.4. The van der Waals surface area contributed by atoms with E-state index in [1.165, 1.54) is 27.9 Å². The Labute approximate surface area is 116 Å². The quantitative estimate of drug-likeness (QED) is 0.312. The third kappa shape index (κ3) is 7.28. The molecule has 10 nitrogen and oxygen atoms in total. The molecule has 2 atom stereocenters. The van der Waals surface area contributed by atoms with Crippen molar-refractivity contribution in [1.29, 1.82) is 0 Å². The van der Waals surface area contributed by atoms with Gasteiger partial charge in [0, 0.05) is 14.1 Å². The number of nitrogens with zero attached hydrogens (tertiary/aromatic N) is 2. The van der Waals surface area contributed by atoms with E-state index in [0.29, 0.717) is 0 Å². The van der Waals surface area contributed by atoms with Crippen LogP contribution in [-0.2, 0) is 0 Å². The minimum Gasteiger partial charge on any atom is -0.509 e. The first-order chi connectivity index (χ1) is 8.93. The van der Waals surface area contributed by atoms with Crippen LogP contribution in [-0.4, -0.2) is 68.8 Å². The van der Waals surface area contributed by atoms with Crippen LogP contribution >= 0.6 is 0 Å². The van der Waals surface area contributed by atoms with Gasteiger partial charge in [0.25, 0.3) is 0 Å². The van der Waals surface area contributed by atoms with Crippen LogP contribution in [0.3, 0.4) is 0 Å². The fourth-order valence-electron chi connectivity index (χ4n) is 0.875. The number of primary amides is 2. The van der Waals surface area contributed by atoms with E-state index in [0.717, 1.165) is 9.80 Å². The fourth-order valence-corrected chi connectivity index (χ4v) is 0.875. The van der Waals surface area contributed by atoms with Gasteiger partial charge in [-0.2, -0.15) is 0 Å². The van der Waals surface area contributed by atoms with Crippen molar-refractivity contribution >= 4 is 12.1 Å². The maximum absolute atomic E-state index is 10.9. The van der Waals surface area contributed by atoms with E-state index in [-0.39, 0.29) is 17.5 Å². The van der Waals surface area contributed by atoms with Gasteiger partial charge in [0.1, 0.15) is 11.5 Å². The Morgan fingerprint density at radius 1 is 1.00 bits per heavy atom. The predicted octanol–water partition coefficient (Wildman–Crippen LogP) is -1.00. The second-order valence-electron chi connectivity index (χ2n) is 3.90. The van der Waals surface area contributed by atoms with Gasteiger partial charge in [-0.15, -0.1) is 0 Å². The van der Waals surface area contributed by atoms with Crippen LogP contribution in [0, 0.1) is 0 Å². The molecule has 8 N–H and O–H groups in total. The fraction of sp³-hybridized carbons (Fsp3) is 0.600. The first-order valence-electron chi connectivity index (χ1n) is 5.39.